The molecule has 0 aliphatic carbocycles. The zero-order valence-electron chi connectivity index (χ0n) is 11.5. The van der Waals surface area contributed by atoms with Crippen molar-refractivity contribution in [2.24, 2.45) is 5.92 Å². The number of piperidine rings is 1. The van der Waals surface area contributed by atoms with Crippen LogP contribution in [0.25, 0.3) is 0 Å². The van der Waals surface area contributed by atoms with Gasteiger partial charge in [0.05, 0.1) is 18.0 Å². The summed E-state index contributed by atoms with van der Waals surface area (Å²) in [5.41, 5.74) is 0.770. The van der Waals surface area contributed by atoms with Gasteiger partial charge in [-0.1, -0.05) is 0 Å². The number of pyridine rings is 1. The third-order valence-electron chi connectivity index (χ3n) is 3.51. The lowest BCUT2D eigenvalue weighted by Gasteiger charge is -2.31. The van der Waals surface area contributed by atoms with Crippen LogP contribution in [0.2, 0.25) is 0 Å². The van der Waals surface area contributed by atoms with E-state index in [1.807, 2.05) is 4.90 Å². The number of hydrogen-bond acceptors (Lipinski definition) is 6. The van der Waals surface area contributed by atoms with Gasteiger partial charge in [-0.3, -0.25) is 14.9 Å². The van der Waals surface area contributed by atoms with Gasteiger partial charge in [0, 0.05) is 25.4 Å². The van der Waals surface area contributed by atoms with E-state index in [0.29, 0.717) is 31.7 Å². The Morgan fingerprint density at radius 1 is 1.50 bits per heavy atom. The lowest BCUT2D eigenvalue weighted by Crippen LogP contribution is -2.37. The molecule has 0 spiro atoms. The van der Waals surface area contributed by atoms with Crippen molar-refractivity contribution in [1.29, 1.82) is 0 Å². The molecular formula is C13H17N3O4. The number of carbonyl (C=O) groups excluding carboxylic acids is 1. The molecular weight excluding hydrogens is 262 g/mol. The summed E-state index contributed by atoms with van der Waals surface area (Å²) in [7, 11) is 1.38. The third-order valence-corrected chi connectivity index (χ3v) is 3.51. The second kappa shape index (κ2) is 5.85. The molecule has 1 aliphatic rings. The van der Waals surface area contributed by atoms with Crippen molar-refractivity contribution >= 4 is 17.5 Å². The fourth-order valence-electron chi connectivity index (χ4n) is 2.42. The number of aryl methyl sites for hydroxylation is 1. The van der Waals surface area contributed by atoms with E-state index in [-0.39, 0.29) is 17.6 Å². The molecule has 2 heterocycles. The molecule has 7 nitrogen and oxygen atoms in total. The monoisotopic (exact) mass is 279 g/mol. The van der Waals surface area contributed by atoms with Gasteiger partial charge >= 0.3 is 11.7 Å². The summed E-state index contributed by atoms with van der Waals surface area (Å²) in [6.45, 7) is 2.90. The smallest absolute Gasteiger partial charge is 0.311 e. The maximum absolute atomic E-state index is 11.5. The Labute approximate surface area is 116 Å². The van der Waals surface area contributed by atoms with Crippen LogP contribution in [0.1, 0.15) is 18.4 Å². The Bertz CT molecular complexity index is 524. The molecule has 108 valence electrons. The van der Waals surface area contributed by atoms with Crippen LogP contribution in [0.5, 0.6) is 0 Å². The molecule has 0 atom stereocenters. The van der Waals surface area contributed by atoms with Gasteiger partial charge in [0.25, 0.3) is 0 Å². The molecule has 1 aliphatic heterocycles. The lowest BCUT2D eigenvalue weighted by atomic mass is 9.97. The summed E-state index contributed by atoms with van der Waals surface area (Å²) in [5, 5.41) is 11.1. The van der Waals surface area contributed by atoms with Gasteiger partial charge in [0.2, 0.25) is 5.82 Å². The van der Waals surface area contributed by atoms with Gasteiger partial charge in [0.1, 0.15) is 0 Å². The Hall–Kier alpha value is -2.18. The predicted octanol–water partition coefficient (Wildman–Crippen LogP) is 1.69. The van der Waals surface area contributed by atoms with Crippen molar-refractivity contribution in [1.82, 2.24) is 4.98 Å². The fourth-order valence-corrected chi connectivity index (χ4v) is 2.42. The first-order valence-electron chi connectivity index (χ1n) is 6.46. The van der Waals surface area contributed by atoms with Crippen LogP contribution < -0.4 is 4.90 Å². The predicted molar refractivity (Wildman–Crippen MR) is 72.6 cm³/mol. The highest BCUT2D eigenvalue weighted by Crippen LogP contribution is 2.30. The largest absolute Gasteiger partial charge is 0.469 e. The molecule has 0 radical (unpaired) electrons. The van der Waals surface area contributed by atoms with Gasteiger partial charge in [-0.15, -0.1) is 0 Å². The highest BCUT2D eigenvalue weighted by molar-refractivity contribution is 5.72. The highest BCUT2D eigenvalue weighted by Gasteiger charge is 2.29. The number of ether oxygens (including phenoxy) is 1. The molecule has 0 saturated carbocycles. The fraction of sp³-hybridized carbons (Fsp3) is 0.538. The first-order chi connectivity index (χ1) is 9.52. The molecule has 0 amide bonds. The van der Waals surface area contributed by atoms with E-state index in [1.165, 1.54) is 13.2 Å². The van der Waals surface area contributed by atoms with Crippen molar-refractivity contribution in [2.45, 2.75) is 19.8 Å². The van der Waals surface area contributed by atoms with E-state index in [0.717, 1.165) is 5.56 Å². The molecule has 1 saturated heterocycles. The number of aromatic nitrogens is 1. The summed E-state index contributed by atoms with van der Waals surface area (Å²) in [6.07, 6.45) is 2.87. The molecule has 2 rings (SSSR count). The minimum absolute atomic E-state index is 0.0153. The van der Waals surface area contributed by atoms with E-state index in [1.54, 1.807) is 13.1 Å². The van der Waals surface area contributed by atoms with Gasteiger partial charge in [-0.05, 0) is 25.3 Å². The first-order valence-corrected chi connectivity index (χ1v) is 6.46. The SMILES string of the molecule is COC(=O)C1CCN(c2ncc(C)cc2[N+](=O)[O-])CC1. The Morgan fingerprint density at radius 3 is 2.70 bits per heavy atom. The topological polar surface area (TPSA) is 85.6 Å². The summed E-state index contributed by atoms with van der Waals surface area (Å²) in [6, 6.07) is 1.52. The molecule has 1 fully saturated rings. The van der Waals surface area contributed by atoms with Crippen molar-refractivity contribution in [2.75, 3.05) is 25.1 Å². The number of carbonyl (C=O) groups is 1. The Kier molecular flexibility index (Phi) is 4.16. The van der Waals surface area contributed by atoms with Crippen molar-refractivity contribution in [3.8, 4) is 0 Å². The van der Waals surface area contributed by atoms with E-state index in [9.17, 15) is 14.9 Å². The quantitative estimate of drug-likeness (QED) is 0.475. The van der Waals surface area contributed by atoms with Crippen LogP contribution >= 0.6 is 0 Å². The van der Waals surface area contributed by atoms with Crippen LogP contribution in [-0.2, 0) is 9.53 Å². The second-order valence-electron chi connectivity index (χ2n) is 4.90. The number of esters is 1. The minimum Gasteiger partial charge on any atom is -0.469 e. The van der Waals surface area contributed by atoms with Gasteiger partial charge in [0.15, 0.2) is 0 Å². The van der Waals surface area contributed by atoms with Gasteiger partial charge in [-0.2, -0.15) is 0 Å². The summed E-state index contributed by atoms with van der Waals surface area (Å²) >= 11 is 0. The zero-order valence-corrected chi connectivity index (χ0v) is 11.5. The van der Waals surface area contributed by atoms with Crippen LogP contribution in [0.3, 0.4) is 0 Å². The number of nitrogens with zero attached hydrogens (tertiary/aromatic N) is 3. The van der Waals surface area contributed by atoms with Crippen molar-refractivity contribution < 1.29 is 14.5 Å². The normalized spacial score (nSPS) is 16.0. The minimum atomic E-state index is -0.415. The Balaban J connectivity index is 2.15. The van der Waals surface area contributed by atoms with Crippen molar-refractivity contribution in [3.63, 3.8) is 0 Å². The molecule has 1 aromatic heterocycles. The third kappa shape index (κ3) is 2.87. The van der Waals surface area contributed by atoms with Crippen molar-refractivity contribution in [3.05, 3.63) is 27.9 Å². The molecule has 0 unspecified atom stereocenters. The van der Waals surface area contributed by atoms with E-state index in [4.69, 9.17) is 4.74 Å². The van der Waals surface area contributed by atoms with Gasteiger partial charge < -0.3 is 9.64 Å². The number of nitro groups is 1. The number of methoxy groups -OCH3 is 1. The lowest BCUT2D eigenvalue weighted by molar-refractivity contribution is -0.384. The Morgan fingerprint density at radius 2 is 2.15 bits per heavy atom. The van der Waals surface area contributed by atoms with E-state index < -0.39 is 4.92 Å². The standard InChI is InChI=1S/C13H17N3O4/c1-9-7-11(16(18)19)12(14-8-9)15-5-3-10(4-6-15)13(17)20-2/h7-8,10H,3-6H2,1-2H3. The second-order valence-corrected chi connectivity index (χ2v) is 4.90. The van der Waals surface area contributed by atoms with Crippen LogP contribution in [-0.4, -0.2) is 36.1 Å². The molecule has 1 aromatic rings. The van der Waals surface area contributed by atoms with Crippen LogP contribution in [0, 0.1) is 23.0 Å². The summed E-state index contributed by atoms with van der Waals surface area (Å²) in [5.74, 6) is 0.0423. The van der Waals surface area contributed by atoms with Crippen LogP contribution in [0.4, 0.5) is 11.5 Å². The molecule has 0 aromatic carbocycles. The zero-order chi connectivity index (χ0) is 14.7. The maximum Gasteiger partial charge on any atom is 0.311 e. The summed E-state index contributed by atoms with van der Waals surface area (Å²) < 4.78 is 4.73. The van der Waals surface area contributed by atoms with Crippen LogP contribution in [0.15, 0.2) is 12.3 Å². The molecule has 20 heavy (non-hydrogen) atoms. The number of anilines is 1. The first kappa shape index (κ1) is 14.2. The number of hydrogen-bond donors (Lipinski definition) is 0. The summed E-state index contributed by atoms with van der Waals surface area (Å²) in [4.78, 5) is 28.2. The molecule has 0 N–H and O–H groups in total. The average molecular weight is 279 g/mol. The maximum atomic E-state index is 11.5. The van der Waals surface area contributed by atoms with Gasteiger partial charge in [-0.25, -0.2) is 4.98 Å². The average Bonchev–Trinajstić information content (AvgIpc) is 2.46. The number of rotatable bonds is 3. The van der Waals surface area contributed by atoms with E-state index in [2.05, 4.69) is 4.98 Å². The highest BCUT2D eigenvalue weighted by atomic mass is 16.6. The molecule has 7 heteroatoms. The molecule has 0 bridgehead atoms. The van der Waals surface area contributed by atoms with E-state index >= 15 is 0 Å².